The monoisotopic (exact) mass is 1150 g/mol. The summed E-state index contributed by atoms with van der Waals surface area (Å²) in [4.78, 5) is 114. The van der Waals surface area contributed by atoms with Crippen molar-refractivity contribution in [3.05, 3.63) is 115 Å². The molecule has 0 radical (unpaired) electrons. The molecule has 5 bridgehead atoms. The number of aliphatic hydroxyl groups is 2. The first-order valence-electron chi connectivity index (χ1n) is 28.2. The maximum Gasteiger partial charge on any atom is 0.341 e. The number of ether oxygens (including phenoxy) is 4. The van der Waals surface area contributed by atoms with Crippen LogP contribution in [0.3, 0.4) is 0 Å². The number of hydrogen-bond acceptors (Lipinski definition) is 17. The van der Waals surface area contributed by atoms with Crippen LogP contribution in [0.2, 0.25) is 0 Å². The number of anilines is 1. The van der Waals surface area contributed by atoms with Gasteiger partial charge in [-0.1, -0.05) is 45.9 Å². The molecule has 2 aliphatic carbocycles. The molecule has 3 fully saturated rings. The first kappa shape index (κ1) is 59.9. The lowest BCUT2D eigenvalue weighted by atomic mass is 9.78. The van der Waals surface area contributed by atoms with E-state index in [0.29, 0.717) is 29.6 Å². The number of nitrogens with one attached hydrogen (secondary N) is 2. The Balaban J connectivity index is 1.00. The van der Waals surface area contributed by atoms with Gasteiger partial charge in [0.15, 0.2) is 5.82 Å². The molecule has 2 saturated heterocycles. The number of carbonyl (C=O) groups excluding carboxylic acids is 6. The minimum Gasteiger partial charge on any atom is -0.507 e. The van der Waals surface area contributed by atoms with Crippen LogP contribution in [0.4, 0.5) is 10.1 Å². The Morgan fingerprint density at radius 3 is 2.17 bits per heavy atom. The number of pyridine rings is 2. The fourth-order valence-corrected chi connectivity index (χ4v) is 12.6. The molecule has 2 aromatic heterocycles. The van der Waals surface area contributed by atoms with Crippen LogP contribution in [-0.4, -0.2) is 140 Å². The van der Waals surface area contributed by atoms with Gasteiger partial charge in [0.25, 0.3) is 17.2 Å². The number of aromatic hydroxyl groups is 1. The Hall–Kier alpha value is -7.69. The van der Waals surface area contributed by atoms with Crippen LogP contribution in [0.25, 0.3) is 5.52 Å². The third-order valence-electron chi connectivity index (χ3n) is 17.7. The minimum atomic E-state index is -2.18. The molecule has 3 aromatic rings. The number of aromatic nitrogens is 1. The highest BCUT2D eigenvalue weighted by Gasteiger charge is 2.53. The largest absolute Gasteiger partial charge is 0.507 e. The number of aliphatic hydroxyl groups excluding tert-OH is 2. The zero-order chi connectivity index (χ0) is 60.4. The summed E-state index contributed by atoms with van der Waals surface area (Å²) in [6.45, 7) is 14.5. The molecule has 0 spiro atoms. The number of phenolic OH excluding ortho intramolecular Hbond substituents is 1. The molecular weight excluding hydrogens is 1080 g/mol. The Bertz CT molecular complexity index is 3420. The van der Waals surface area contributed by atoms with E-state index in [9.17, 15) is 49.2 Å². The number of fused-ring (bicyclic) bond motifs is 15. The zero-order valence-corrected chi connectivity index (χ0v) is 48.2. The van der Waals surface area contributed by atoms with Gasteiger partial charge in [-0.3, -0.25) is 38.0 Å². The van der Waals surface area contributed by atoms with E-state index in [-0.39, 0.29) is 78.1 Å². The van der Waals surface area contributed by atoms with Crippen molar-refractivity contribution in [2.24, 2.45) is 29.6 Å². The van der Waals surface area contributed by atoms with Gasteiger partial charge in [-0.25, -0.2) is 9.18 Å². The normalized spacial score (nSPS) is 28.3. The van der Waals surface area contributed by atoms with Crippen LogP contribution in [0.15, 0.2) is 64.6 Å². The summed E-state index contributed by atoms with van der Waals surface area (Å²) in [6, 6.07) is 0.956. The van der Waals surface area contributed by atoms with Crippen molar-refractivity contribution >= 4 is 52.3 Å². The van der Waals surface area contributed by atoms with Gasteiger partial charge in [-0.05, 0) is 82.1 Å². The molecule has 83 heavy (non-hydrogen) atoms. The van der Waals surface area contributed by atoms with E-state index >= 15 is 14.0 Å². The van der Waals surface area contributed by atoms with Gasteiger partial charge < -0.3 is 59.8 Å². The van der Waals surface area contributed by atoms with Gasteiger partial charge in [0.05, 0.1) is 64.6 Å². The standard InChI is InChI=1S/C61H72FN5O16/c1-27-12-11-13-28(2)57(75)64-45-48(65-21-17-37(18-22-65)63-58(76)36-16-20-66(25-36)47-30(4)46-38(35-14-15-35)24-39(60(78)79)59(77)67(46)26-40(47)62)53(73)42-43(52(45)72)51(71)33(7)55-44(42)56(74)61(9,83-55)81-23-19-41(80-10)29(3)54(82-34(8)68)32(6)50(70)31(5)49(27)69/h11-13,19,23-24,26-27,29,31-32,35-37,41,49-50,54,69-71H,14-18,20-22,25H2,1-10H3,(H,63,76)(H,64,75)(H,78,79)/t27-,29+,31+,32+,36?,41-,49-,50+,54+,61-/m0/s1. The van der Waals surface area contributed by atoms with E-state index in [4.69, 9.17) is 18.9 Å². The number of hydrogen-bond donors (Lipinski definition) is 6. The van der Waals surface area contributed by atoms with Crippen LogP contribution in [0.1, 0.15) is 145 Å². The van der Waals surface area contributed by atoms with Crippen molar-refractivity contribution in [3.63, 3.8) is 0 Å². The average molecular weight is 1150 g/mol. The van der Waals surface area contributed by atoms with Crippen molar-refractivity contribution in [3.8, 4) is 11.5 Å². The van der Waals surface area contributed by atoms with Crippen molar-refractivity contribution < 1.29 is 77.3 Å². The second-order valence-electron chi connectivity index (χ2n) is 23.3. The lowest BCUT2D eigenvalue weighted by molar-refractivity contribution is -0.160. The summed E-state index contributed by atoms with van der Waals surface area (Å²) in [5.41, 5.74) is -1.53. The summed E-state index contributed by atoms with van der Waals surface area (Å²) in [6.07, 6.45) is 6.54. The number of carboxylic acids is 1. The lowest BCUT2D eigenvalue weighted by Gasteiger charge is -2.38. The van der Waals surface area contributed by atoms with Gasteiger partial charge >= 0.3 is 17.7 Å². The summed E-state index contributed by atoms with van der Waals surface area (Å²) in [5, 5.41) is 50.5. The number of carboxylic acid groups (broad SMARTS) is 1. The number of benzene rings is 1. The minimum absolute atomic E-state index is 0.0292. The first-order chi connectivity index (χ1) is 39.2. The molecule has 21 nitrogen and oxygen atoms in total. The highest BCUT2D eigenvalue weighted by molar-refractivity contribution is 6.32. The molecule has 5 aliphatic heterocycles. The third-order valence-corrected chi connectivity index (χ3v) is 17.7. The number of halogens is 1. The molecule has 1 unspecified atom stereocenters. The topological polar surface area (TPSA) is 289 Å². The number of ketones is 3. The predicted octanol–water partition coefficient (Wildman–Crippen LogP) is 5.70. The second-order valence-corrected chi connectivity index (χ2v) is 23.3. The number of piperidine rings is 1. The molecular formula is C61H72FN5O16. The fraction of sp³-hybridized carbons (Fsp3) is 0.508. The summed E-state index contributed by atoms with van der Waals surface area (Å²) in [5.74, 6) is -12.9. The number of Topliss-reactive ketones (excluding diaryl/α,β-unsaturated/α-hetero) is 3. The Kier molecular flexibility index (Phi) is 16.7. The van der Waals surface area contributed by atoms with Gasteiger partial charge in [0, 0.05) is 88.0 Å². The summed E-state index contributed by atoms with van der Waals surface area (Å²) < 4.78 is 40.9. The van der Waals surface area contributed by atoms with Gasteiger partial charge in [0.1, 0.15) is 34.6 Å². The molecule has 1 saturated carbocycles. The third kappa shape index (κ3) is 11.0. The Morgan fingerprint density at radius 1 is 0.855 bits per heavy atom. The number of rotatable bonds is 8. The average Bonchev–Trinajstić information content (AvgIpc) is 1.95. The molecule has 10 atom stereocenters. The van der Waals surface area contributed by atoms with E-state index in [1.54, 1.807) is 50.5 Å². The van der Waals surface area contributed by atoms with E-state index < -0.39 is 141 Å². The number of likely N-dealkylation sites (tertiary alicyclic amines) is 1. The van der Waals surface area contributed by atoms with E-state index in [2.05, 4.69) is 10.6 Å². The molecule has 1 aromatic carbocycles. The Labute approximate surface area is 478 Å². The summed E-state index contributed by atoms with van der Waals surface area (Å²) in [7, 11) is 1.40. The SMILES string of the molecule is CO[C@H]1C=CO[C@@]2(C)Oc3c(C)c(O)c4c(c3C2=O)C(=O)C(N2CCC(NC(=O)C3CCN(c5c(F)cn6c(=O)c(C(=O)O)cc(C7CC7)c6c5C)C3)CC2)=C(NC(=O)C(C)=CC=C[C@H](C)[C@H](O)[C@@H](C)[C@@H](O)[C@@H](C)[C@H](OC(C)=O)[C@@H]1C)C4=O. The number of phenols is 1. The van der Waals surface area contributed by atoms with Crippen LogP contribution >= 0.6 is 0 Å². The van der Waals surface area contributed by atoms with Crippen molar-refractivity contribution in [1.82, 2.24) is 19.9 Å². The smallest absolute Gasteiger partial charge is 0.341 e. The van der Waals surface area contributed by atoms with Crippen LogP contribution in [0, 0.1) is 49.3 Å². The highest BCUT2D eigenvalue weighted by Crippen LogP contribution is 2.50. The van der Waals surface area contributed by atoms with E-state index in [1.807, 2.05) is 0 Å². The molecule has 7 heterocycles. The number of esters is 1. The lowest BCUT2D eigenvalue weighted by Crippen LogP contribution is -2.49. The number of aromatic carboxylic acids is 1. The van der Waals surface area contributed by atoms with E-state index in [0.717, 1.165) is 29.7 Å². The molecule has 2 amide bonds. The van der Waals surface area contributed by atoms with E-state index in [1.165, 1.54) is 59.1 Å². The fourth-order valence-electron chi connectivity index (χ4n) is 12.6. The van der Waals surface area contributed by atoms with Crippen molar-refractivity contribution in [2.75, 3.05) is 38.2 Å². The van der Waals surface area contributed by atoms with Crippen molar-refractivity contribution in [2.45, 2.75) is 137 Å². The number of methoxy groups -OCH3 is 1. The molecule has 6 N–H and O–H groups in total. The number of carbonyl (C=O) groups is 7. The van der Waals surface area contributed by atoms with Crippen LogP contribution in [-0.2, 0) is 28.6 Å². The maximum atomic E-state index is 16.1. The number of amides is 2. The molecule has 7 aliphatic rings. The highest BCUT2D eigenvalue weighted by atomic mass is 19.1. The number of nitrogens with zero attached hydrogens (tertiary/aromatic N) is 3. The van der Waals surface area contributed by atoms with Gasteiger partial charge in [0.2, 0.25) is 17.5 Å². The second kappa shape index (κ2) is 23.2. The zero-order valence-electron chi connectivity index (χ0n) is 48.2. The quantitative estimate of drug-likeness (QED) is 0.147. The van der Waals surface area contributed by atoms with Crippen LogP contribution < -0.4 is 25.8 Å². The molecule has 22 heteroatoms. The number of allylic oxidation sites excluding steroid dienone is 4. The van der Waals surface area contributed by atoms with Crippen molar-refractivity contribution in [1.29, 1.82) is 0 Å². The first-order valence-corrected chi connectivity index (χ1v) is 28.2. The van der Waals surface area contributed by atoms with Crippen LogP contribution in [0.5, 0.6) is 11.5 Å². The molecule has 444 valence electrons. The Morgan fingerprint density at radius 2 is 1.53 bits per heavy atom. The predicted molar refractivity (Wildman–Crippen MR) is 299 cm³/mol. The van der Waals surface area contributed by atoms with Gasteiger partial charge in [-0.15, -0.1) is 0 Å². The molecule has 10 rings (SSSR count). The summed E-state index contributed by atoms with van der Waals surface area (Å²) >= 11 is 0. The maximum absolute atomic E-state index is 16.1. The number of aryl methyl sites for hydroxylation is 1. The van der Waals surface area contributed by atoms with Gasteiger partial charge in [-0.2, -0.15) is 0 Å².